The summed E-state index contributed by atoms with van der Waals surface area (Å²) < 4.78 is 0. The molecule has 0 atom stereocenters. The van der Waals surface area contributed by atoms with Gasteiger partial charge in [0.15, 0.2) is 0 Å². The first-order chi connectivity index (χ1) is 4.43. The van der Waals surface area contributed by atoms with Gasteiger partial charge in [-0.2, -0.15) is 5.10 Å². The Kier molecular flexibility index (Phi) is 2.21. The van der Waals surface area contributed by atoms with Gasteiger partial charge in [-0.1, -0.05) is 0 Å². The maximum atomic E-state index is 9.74. The first-order valence-electron chi connectivity index (χ1n) is 2.25. The van der Waals surface area contributed by atoms with E-state index in [1.807, 2.05) is 0 Å². The maximum absolute atomic E-state index is 9.74. The third-order valence-electron chi connectivity index (χ3n) is 0.694. The van der Waals surface area contributed by atoms with Gasteiger partial charge < -0.3 is 0 Å². The number of hydrogen-bond acceptors (Lipinski definition) is 4. The summed E-state index contributed by atoms with van der Waals surface area (Å²) in [5, 5.41) is 7.75. The lowest BCUT2D eigenvalue weighted by Crippen LogP contribution is -1.80. The quantitative estimate of drug-likeness (QED) is 0.564. The van der Waals surface area contributed by atoms with Crippen molar-refractivity contribution >= 4 is 17.4 Å². The molecule has 1 aromatic rings. The van der Waals surface area contributed by atoms with E-state index >= 15 is 0 Å². The Morgan fingerprint density at radius 3 is 3.11 bits per heavy atom. The van der Waals surface area contributed by atoms with E-state index in [2.05, 4.69) is 10.2 Å². The summed E-state index contributed by atoms with van der Waals surface area (Å²) in [6, 6.07) is 3.41. The fourth-order valence-corrected chi connectivity index (χ4v) is 0.704. The highest BCUT2D eigenvalue weighted by atomic mass is 32.2. The number of carbonyl (C=O) groups excluding carboxylic acids is 1. The average Bonchev–Trinajstić information content (AvgIpc) is 1.91. The zero-order valence-electron chi connectivity index (χ0n) is 4.44. The van der Waals surface area contributed by atoms with Gasteiger partial charge in [-0.3, -0.25) is 4.79 Å². The fraction of sp³-hybridized carbons (Fsp3) is 0. The van der Waals surface area contributed by atoms with Crippen LogP contribution in [-0.2, 0) is 4.79 Å². The lowest BCUT2D eigenvalue weighted by Gasteiger charge is -1.85. The van der Waals surface area contributed by atoms with Crippen molar-refractivity contribution < 1.29 is 4.79 Å². The molecule has 0 N–H and O–H groups in total. The first kappa shape index (κ1) is 6.22. The second kappa shape index (κ2) is 3.19. The van der Waals surface area contributed by atoms with Crippen LogP contribution in [0.4, 0.5) is 0 Å². The SMILES string of the molecule is O=[C]Sc1cccnn1. The zero-order valence-corrected chi connectivity index (χ0v) is 5.26. The molecule has 1 radical (unpaired) electrons. The molecule has 4 heteroatoms. The van der Waals surface area contributed by atoms with E-state index in [1.165, 1.54) is 0 Å². The summed E-state index contributed by atoms with van der Waals surface area (Å²) in [4.78, 5) is 9.74. The lowest BCUT2D eigenvalue weighted by molar-refractivity contribution is 0.570. The van der Waals surface area contributed by atoms with Crippen molar-refractivity contribution in [3.8, 4) is 0 Å². The van der Waals surface area contributed by atoms with Crippen LogP contribution in [0.25, 0.3) is 0 Å². The largest absolute Gasteiger partial charge is 0.277 e. The summed E-state index contributed by atoms with van der Waals surface area (Å²) in [5.41, 5.74) is 1.65. The minimum atomic E-state index is 0.576. The van der Waals surface area contributed by atoms with E-state index in [9.17, 15) is 4.79 Å². The lowest BCUT2D eigenvalue weighted by atomic mass is 10.6. The number of hydrogen-bond donors (Lipinski definition) is 0. The van der Waals surface area contributed by atoms with Gasteiger partial charge in [0.25, 0.3) is 5.62 Å². The van der Waals surface area contributed by atoms with Gasteiger partial charge in [0.05, 0.1) is 0 Å². The molecule has 0 bridgehead atoms. The van der Waals surface area contributed by atoms with Crippen LogP contribution in [0.2, 0.25) is 0 Å². The Morgan fingerprint density at radius 1 is 1.67 bits per heavy atom. The molecule has 0 aliphatic heterocycles. The van der Waals surface area contributed by atoms with Gasteiger partial charge in [-0.05, 0) is 23.9 Å². The summed E-state index contributed by atoms with van der Waals surface area (Å²) in [5.74, 6) is 0. The number of nitrogens with zero attached hydrogens (tertiary/aromatic N) is 2. The molecular weight excluding hydrogens is 136 g/mol. The highest BCUT2D eigenvalue weighted by molar-refractivity contribution is 8.11. The standard InChI is InChI=1S/C5H3N2OS/c8-4-9-5-2-1-3-6-7-5/h1-3H. The predicted octanol–water partition coefficient (Wildman–Crippen LogP) is 0.636. The van der Waals surface area contributed by atoms with E-state index in [4.69, 9.17) is 0 Å². The molecule has 1 heterocycles. The van der Waals surface area contributed by atoms with Gasteiger partial charge in [0, 0.05) is 6.20 Å². The van der Waals surface area contributed by atoms with Crippen molar-refractivity contribution in [3.63, 3.8) is 0 Å². The van der Waals surface area contributed by atoms with Gasteiger partial charge in [0.1, 0.15) is 5.03 Å². The van der Waals surface area contributed by atoms with Crippen LogP contribution < -0.4 is 0 Å². The third-order valence-corrected chi connectivity index (χ3v) is 1.20. The summed E-state index contributed by atoms with van der Waals surface area (Å²) in [7, 11) is 0. The van der Waals surface area contributed by atoms with Crippen LogP contribution in [-0.4, -0.2) is 15.8 Å². The highest BCUT2D eigenvalue weighted by Gasteiger charge is 1.89. The first-order valence-corrected chi connectivity index (χ1v) is 3.07. The molecule has 45 valence electrons. The molecule has 0 unspecified atom stereocenters. The molecule has 0 spiro atoms. The van der Waals surface area contributed by atoms with E-state index in [0.717, 1.165) is 11.8 Å². The Bertz CT molecular complexity index is 189. The highest BCUT2D eigenvalue weighted by Crippen LogP contribution is 2.07. The Hall–Kier alpha value is -0.900. The molecule has 0 fully saturated rings. The third kappa shape index (κ3) is 1.81. The monoisotopic (exact) mass is 139 g/mol. The fourth-order valence-electron chi connectivity index (χ4n) is 0.385. The number of rotatable bonds is 2. The van der Waals surface area contributed by atoms with E-state index in [0.29, 0.717) is 5.03 Å². The van der Waals surface area contributed by atoms with Gasteiger partial charge in [-0.15, -0.1) is 5.10 Å². The van der Waals surface area contributed by atoms with Crippen LogP contribution in [0.1, 0.15) is 0 Å². The molecular formula is C5H3N2OS. The molecule has 1 rings (SSSR count). The van der Waals surface area contributed by atoms with E-state index in [-0.39, 0.29) is 0 Å². The molecule has 1 aromatic heterocycles. The summed E-state index contributed by atoms with van der Waals surface area (Å²) >= 11 is 0.896. The number of aromatic nitrogens is 2. The predicted molar refractivity (Wildman–Crippen MR) is 33.6 cm³/mol. The minimum Gasteiger partial charge on any atom is -0.277 e. The normalized spacial score (nSPS) is 8.89. The topological polar surface area (TPSA) is 42.9 Å². The molecule has 0 saturated carbocycles. The van der Waals surface area contributed by atoms with Crippen molar-refractivity contribution in [1.29, 1.82) is 0 Å². The summed E-state index contributed by atoms with van der Waals surface area (Å²) in [6.07, 6.45) is 1.55. The average molecular weight is 139 g/mol. The van der Waals surface area contributed by atoms with Gasteiger partial charge in [-0.25, -0.2) is 0 Å². The van der Waals surface area contributed by atoms with Crippen LogP contribution >= 0.6 is 11.8 Å². The smallest absolute Gasteiger partial charge is 0.272 e. The molecule has 9 heavy (non-hydrogen) atoms. The van der Waals surface area contributed by atoms with Crippen LogP contribution in [0.3, 0.4) is 0 Å². The number of thioether (sulfide) groups is 1. The van der Waals surface area contributed by atoms with Crippen molar-refractivity contribution in [2.24, 2.45) is 0 Å². The van der Waals surface area contributed by atoms with Crippen LogP contribution in [0.15, 0.2) is 23.4 Å². The van der Waals surface area contributed by atoms with E-state index < -0.39 is 0 Å². The minimum absolute atomic E-state index is 0.576. The molecule has 0 saturated heterocycles. The molecule has 0 amide bonds. The maximum Gasteiger partial charge on any atom is 0.272 e. The summed E-state index contributed by atoms with van der Waals surface area (Å²) in [6.45, 7) is 0. The second-order valence-electron chi connectivity index (χ2n) is 1.25. The molecule has 0 aliphatic carbocycles. The zero-order chi connectivity index (χ0) is 6.53. The van der Waals surface area contributed by atoms with E-state index in [1.54, 1.807) is 23.9 Å². The van der Waals surface area contributed by atoms with Gasteiger partial charge >= 0.3 is 0 Å². The van der Waals surface area contributed by atoms with Crippen molar-refractivity contribution in [2.75, 3.05) is 0 Å². The van der Waals surface area contributed by atoms with Crippen LogP contribution in [0.5, 0.6) is 0 Å². The Labute approximate surface area is 56.5 Å². The molecule has 0 aliphatic rings. The molecule has 0 aromatic carbocycles. The Morgan fingerprint density at radius 2 is 2.56 bits per heavy atom. The van der Waals surface area contributed by atoms with Crippen molar-refractivity contribution in [2.45, 2.75) is 5.03 Å². The second-order valence-corrected chi connectivity index (χ2v) is 2.04. The van der Waals surface area contributed by atoms with Crippen molar-refractivity contribution in [1.82, 2.24) is 10.2 Å². The molecule has 3 nitrogen and oxygen atoms in total. The Balaban J connectivity index is 2.72. The van der Waals surface area contributed by atoms with Crippen LogP contribution in [0, 0.1) is 0 Å². The van der Waals surface area contributed by atoms with Gasteiger partial charge in [0.2, 0.25) is 0 Å². The van der Waals surface area contributed by atoms with Crippen molar-refractivity contribution in [3.05, 3.63) is 18.3 Å².